The Morgan fingerprint density at radius 1 is 1.50 bits per heavy atom. The summed E-state index contributed by atoms with van der Waals surface area (Å²) in [6, 6.07) is 2.67. The van der Waals surface area contributed by atoms with Crippen LogP contribution in [0.1, 0.15) is 17.3 Å². The standard InChI is InChI=1S/C11H14BrClN2O4S/c1-2-19-4-3-15-11(16)8-5-7(12)6-9(10(8)13)20(14,17)18/h5-6H,2-4H2,1H3,(H,15,16)(H2,14,17,18). The molecule has 0 unspecified atom stereocenters. The van der Waals surface area contributed by atoms with Crippen molar-refractivity contribution in [3.05, 3.63) is 27.2 Å². The minimum Gasteiger partial charge on any atom is -0.380 e. The van der Waals surface area contributed by atoms with E-state index in [-0.39, 0.29) is 15.5 Å². The van der Waals surface area contributed by atoms with Crippen LogP contribution < -0.4 is 10.5 Å². The number of primary sulfonamides is 1. The lowest BCUT2D eigenvalue weighted by molar-refractivity contribution is 0.0922. The normalized spacial score (nSPS) is 11.4. The molecule has 0 saturated heterocycles. The Hall–Kier alpha value is -0.670. The highest BCUT2D eigenvalue weighted by molar-refractivity contribution is 9.10. The van der Waals surface area contributed by atoms with Gasteiger partial charge in [-0.15, -0.1) is 0 Å². The Morgan fingerprint density at radius 2 is 2.15 bits per heavy atom. The van der Waals surface area contributed by atoms with Gasteiger partial charge in [0.05, 0.1) is 17.2 Å². The molecule has 1 aromatic carbocycles. The van der Waals surface area contributed by atoms with E-state index >= 15 is 0 Å². The number of nitrogens with one attached hydrogen (secondary N) is 1. The van der Waals surface area contributed by atoms with Crippen molar-refractivity contribution in [3.8, 4) is 0 Å². The van der Waals surface area contributed by atoms with Crippen molar-refractivity contribution >= 4 is 43.5 Å². The predicted octanol–water partition coefficient (Wildman–Crippen LogP) is 1.52. The number of rotatable bonds is 6. The first kappa shape index (κ1) is 17.4. The fourth-order valence-corrected chi connectivity index (χ4v) is 3.19. The smallest absolute Gasteiger partial charge is 0.252 e. The highest BCUT2D eigenvalue weighted by Crippen LogP contribution is 2.28. The number of carbonyl (C=O) groups excluding carboxylic acids is 1. The second kappa shape index (κ2) is 7.37. The van der Waals surface area contributed by atoms with Crippen molar-refractivity contribution < 1.29 is 17.9 Å². The number of benzene rings is 1. The molecule has 0 aliphatic carbocycles. The molecule has 0 aliphatic rings. The third-order valence-electron chi connectivity index (χ3n) is 2.29. The van der Waals surface area contributed by atoms with Crippen LogP contribution in [0.25, 0.3) is 0 Å². The summed E-state index contributed by atoms with van der Waals surface area (Å²) >= 11 is 9.05. The number of halogens is 2. The van der Waals surface area contributed by atoms with Gasteiger partial charge in [0.1, 0.15) is 4.90 Å². The summed E-state index contributed by atoms with van der Waals surface area (Å²) in [4.78, 5) is 11.7. The van der Waals surface area contributed by atoms with Gasteiger partial charge in [-0.3, -0.25) is 4.79 Å². The van der Waals surface area contributed by atoms with E-state index in [1.807, 2.05) is 6.92 Å². The summed E-state index contributed by atoms with van der Waals surface area (Å²) in [6.07, 6.45) is 0. The van der Waals surface area contributed by atoms with Crippen LogP contribution in [0.4, 0.5) is 0 Å². The van der Waals surface area contributed by atoms with E-state index in [0.717, 1.165) is 0 Å². The Bertz CT molecular complexity index is 607. The summed E-state index contributed by atoms with van der Waals surface area (Å²) in [5.74, 6) is -0.499. The number of hydrogen-bond acceptors (Lipinski definition) is 4. The highest BCUT2D eigenvalue weighted by Gasteiger charge is 2.20. The molecule has 6 nitrogen and oxygen atoms in total. The second-order valence-corrected chi connectivity index (χ2v) is 6.59. The van der Waals surface area contributed by atoms with Gasteiger partial charge in [0.15, 0.2) is 0 Å². The van der Waals surface area contributed by atoms with E-state index in [0.29, 0.717) is 24.2 Å². The predicted molar refractivity (Wildman–Crippen MR) is 79.4 cm³/mol. The second-order valence-electron chi connectivity index (χ2n) is 3.76. The number of ether oxygens (including phenoxy) is 1. The number of amides is 1. The van der Waals surface area contributed by atoms with E-state index in [2.05, 4.69) is 21.2 Å². The SMILES string of the molecule is CCOCCNC(=O)c1cc(Br)cc(S(N)(=O)=O)c1Cl. The minimum atomic E-state index is -4.01. The molecule has 0 aliphatic heterocycles. The molecule has 0 atom stereocenters. The molecule has 0 radical (unpaired) electrons. The van der Waals surface area contributed by atoms with Gasteiger partial charge in [-0.1, -0.05) is 27.5 Å². The van der Waals surface area contributed by atoms with Gasteiger partial charge in [0.25, 0.3) is 5.91 Å². The molecular formula is C11H14BrClN2O4S. The number of hydrogen-bond donors (Lipinski definition) is 2. The van der Waals surface area contributed by atoms with Gasteiger partial charge in [-0.25, -0.2) is 13.6 Å². The summed E-state index contributed by atoms with van der Waals surface area (Å²) < 4.78 is 28.3. The van der Waals surface area contributed by atoms with Crippen LogP contribution >= 0.6 is 27.5 Å². The molecule has 9 heteroatoms. The van der Waals surface area contributed by atoms with Crippen LogP contribution in [0.3, 0.4) is 0 Å². The van der Waals surface area contributed by atoms with Gasteiger partial charge < -0.3 is 10.1 Å². The lowest BCUT2D eigenvalue weighted by Gasteiger charge is -2.10. The lowest BCUT2D eigenvalue weighted by Crippen LogP contribution is -2.28. The zero-order valence-corrected chi connectivity index (χ0v) is 13.8. The zero-order valence-electron chi connectivity index (χ0n) is 10.7. The van der Waals surface area contributed by atoms with Crippen LogP contribution in [0.2, 0.25) is 5.02 Å². The van der Waals surface area contributed by atoms with Gasteiger partial charge in [-0.2, -0.15) is 0 Å². The first-order chi connectivity index (χ1) is 9.27. The summed E-state index contributed by atoms with van der Waals surface area (Å²) in [5, 5.41) is 7.42. The van der Waals surface area contributed by atoms with Crippen molar-refractivity contribution in [2.24, 2.45) is 5.14 Å². The minimum absolute atomic E-state index is 0.0292. The fourth-order valence-electron chi connectivity index (χ4n) is 1.41. The average Bonchev–Trinajstić information content (AvgIpc) is 2.35. The third kappa shape index (κ3) is 4.71. The van der Waals surface area contributed by atoms with Crippen molar-refractivity contribution in [2.75, 3.05) is 19.8 Å². The molecule has 0 aromatic heterocycles. The third-order valence-corrected chi connectivity index (χ3v) is 4.20. The van der Waals surface area contributed by atoms with Crippen LogP contribution in [-0.4, -0.2) is 34.1 Å². The van der Waals surface area contributed by atoms with Crippen molar-refractivity contribution in [3.63, 3.8) is 0 Å². The van der Waals surface area contributed by atoms with E-state index in [1.54, 1.807) is 0 Å². The Labute approximate surface area is 130 Å². The number of carbonyl (C=O) groups is 1. The van der Waals surface area contributed by atoms with E-state index in [9.17, 15) is 13.2 Å². The maximum atomic E-state index is 12.0. The first-order valence-corrected chi connectivity index (χ1v) is 8.37. The van der Waals surface area contributed by atoms with Crippen LogP contribution in [0, 0.1) is 0 Å². The van der Waals surface area contributed by atoms with E-state index in [1.165, 1.54) is 12.1 Å². The summed E-state index contributed by atoms with van der Waals surface area (Å²) in [6.45, 7) is 3.03. The Balaban J connectivity index is 3.01. The first-order valence-electron chi connectivity index (χ1n) is 5.65. The molecule has 1 rings (SSSR count). The molecule has 0 fully saturated rings. The summed E-state index contributed by atoms with van der Waals surface area (Å²) in [7, 11) is -4.01. The van der Waals surface area contributed by atoms with Gasteiger partial charge in [-0.05, 0) is 19.1 Å². The van der Waals surface area contributed by atoms with E-state index < -0.39 is 15.9 Å². The number of sulfonamides is 1. The van der Waals surface area contributed by atoms with Gasteiger partial charge in [0, 0.05) is 17.6 Å². The maximum Gasteiger partial charge on any atom is 0.252 e. The van der Waals surface area contributed by atoms with E-state index in [4.69, 9.17) is 21.5 Å². The quantitative estimate of drug-likeness (QED) is 0.725. The molecule has 0 bridgehead atoms. The highest BCUT2D eigenvalue weighted by atomic mass is 79.9. The lowest BCUT2D eigenvalue weighted by atomic mass is 10.2. The molecule has 1 amide bonds. The molecule has 20 heavy (non-hydrogen) atoms. The monoisotopic (exact) mass is 384 g/mol. The van der Waals surface area contributed by atoms with Crippen molar-refractivity contribution in [2.45, 2.75) is 11.8 Å². The van der Waals surface area contributed by atoms with Gasteiger partial charge >= 0.3 is 0 Å². The van der Waals surface area contributed by atoms with Crippen LogP contribution in [-0.2, 0) is 14.8 Å². The average molecular weight is 386 g/mol. The topological polar surface area (TPSA) is 98.5 Å². The molecule has 0 saturated carbocycles. The van der Waals surface area contributed by atoms with Crippen molar-refractivity contribution in [1.82, 2.24) is 5.32 Å². The van der Waals surface area contributed by atoms with Crippen molar-refractivity contribution in [1.29, 1.82) is 0 Å². The number of nitrogens with two attached hydrogens (primary N) is 1. The van der Waals surface area contributed by atoms with Gasteiger partial charge in [0.2, 0.25) is 10.0 Å². The molecular weight excluding hydrogens is 372 g/mol. The largest absolute Gasteiger partial charge is 0.380 e. The molecule has 1 aromatic rings. The Morgan fingerprint density at radius 3 is 2.70 bits per heavy atom. The molecule has 0 heterocycles. The van der Waals surface area contributed by atoms with Crippen LogP contribution in [0.5, 0.6) is 0 Å². The zero-order chi connectivity index (χ0) is 15.3. The molecule has 3 N–H and O–H groups in total. The summed E-state index contributed by atoms with van der Waals surface area (Å²) in [5.41, 5.74) is 0.0292. The molecule has 112 valence electrons. The van der Waals surface area contributed by atoms with Crippen LogP contribution in [0.15, 0.2) is 21.5 Å². The Kier molecular flexibility index (Phi) is 6.41. The maximum absolute atomic E-state index is 12.0. The molecule has 0 spiro atoms. The fraction of sp³-hybridized carbons (Fsp3) is 0.364.